The molecule has 1 aromatic heterocycles. The SMILES string of the molecule is Cc1ccc([C@@H](C(=O)NC(C)(C)C)N(C[C@@H]2CCCO2)C(=O)CCC(=O)Nc2nccs2)cc1. The lowest BCUT2D eigenvalue weighted by Crippen LogP contribution is -2.50. The van der Waals surface area contributed by atoms with Crippen LogP contribution in [0.3, 0.4) is 0 Å². The molecular weight excluding hydrogens is 452 g/mol. The lowest BCUT2D eigenvalue weighted by Gasteiger charge is -2.35. The van der Waals surface area contributed by atoms with Gasteiger partial charge in [0.1, 0.15) is 6.04 Å². The number of aromatic nitrogens is 1. The number of carbonyl (C=O) groups is 3. The molecule has 34 heavy (non-hydrogen) atoms. The monoisotopic (exact) mass is 486 g/mol. The Morgan fingerprint density at radius 1 is 1.21 bits per heavy atom. The van der Waals surface area contributed by atoms with Crippen molar-refractivity contribution in [1.82, 2.24) is 15.2 Å². The molecular formula is C25H34N4O4S. The highest BCUT2D eigenvalue weighted by Crippen LogP contribution is 2.27. The first-order valence-electron chi connectivity index (χ1n) is 11.6. The summed E-state index contributed by atoms with van der Waals surface area (Å²) in [6.45, 7) is 8.64. The summed E-state index contributed by atoms with van der Waals surface area (Å²) in [6.07, 6.45) is 3.21. The molecule has 0 spiro atoms. The standard InChI is InChI=1S/C25H34N4O4S/c1-17-7-9-18(10-8-17)22(23(32)28-25(2,3)4)29(16-19-6-5-14-33-19)21(31)12-11-20(30)27-24-26-13-15-34-24/h7-10,13,15,19,22H,5-6,11-12,14,16H2,1-4H3,(H,28,32)(H,26,27,30)/t19-,22-/m0/s1. The van der Waals surface area contributed by atoms with Crippen LogP contribution in [0.4, 0.5) is 5.13 Å². The molecule has 2 atom stereocenters. The topological polar surface area (TPSA) is 101 Å². The molecule has 0 bridgehead atoms. The number of carbonyl (C=O) groups excluding carboxylic acids is 3. The number of nitrogens with one attached hydrogen (secondary N) is 2. The van der Waals surface area contributed by atoms with Crippen molar-refractivity contribution in [2.75, 3.05) is 18.5 Å². The number of amides is 3. The van der Waals surface area contributed by atoms with Gasteiger partial charge in [0.25, 0.3) is 0 Å². The number of nitrogens with zero attached hydrogens (tertiary/aromatic N) is 2. The molecule has 184 valence electrons. The van der Waals surface area contributed by atoms with Crippen LogP contribution in [-0.2, 0) is 19.1 Å². The Kier molecular flexibility index (Phi) is 8.79. The molecule has 0 aliphatic carbocycles. The second kappa shape index (κ2) is 11.6. The fraction of sp³-hybridized carbons (Fsp3) is 0.520. The number of thiazole rings is 1. The fourth-order valence-electron chi connectivity index (χ4n) is 3.85. The number of ether oxygens (including phenoxy) is 1. The number of aryl methyl sites for hydroxylation is 1. The van der Waals surface area contributed by atoms with Crippen LogP contribution >= 0.6 is 11.3 Å². The van der Waals surface area contributed by atoms with Gasteiger partial charge in [-0.25, -0.2) is 4.98 Å². The molecule has 2 heterocycles. The molecule has 1 aromatic carbocycles. The van der Waals surface area contributed by atoms with Crippen molar-refractivity contribution in [3.05, 3.63) is 47.0 Å². The number of hydrogen-bond donors (Lipinski definition) is 2. The maximum Gasteiger partial charge on any atom is 0.247 e. The summed E-state index contributed by atoms with van der Waals surface area (Å²) in [5.41, 5.74) is 1.33. The maximum absolute atomic E-state index is 13.5. The van der Waals surface area contributed by atoms with Gasteiger partial charge in [-0.2, -0.15) is 0 Å². The molecule has 2 aromatic rings. The van der Waals surface area contributed by atoms with Crippen LogP contribution in [0.2, 0.25) is 0 Å². The molecule has 0 unspecified atom stereocenters. The van der Waals surface area contributed by atoms with Crippen molar-refractivity contribution >= 4 is 34.2 Å². The van der Waals surface area contributed by atoms with Crippen molar-refractivity contribution < 1.29 is 19.1 Å². The van der Waals surface area contributed by atoms with E-state index in [4.69, 9.17) is 4.74 Å². The van der Waals surface area contributed by atoms with Crippen LogP contribution in [0.15, 0.2) is 35.8 Å². The summed E-state index contributed by atoms with van der Waals surface area (Å²) < 4.78 is 5.80. The van der Waals surface area contributed by atoms with E-state index < -0.39 is 11.6 Å². The third-order valence-corrected chi connectivity index (χ3v) is 6.13. The van der Waals surface area contributed by atoms with E-state index in [1.807, 2.05) is 52.0 Å². The van der Waals surface area contributed by atoms with Gasteiger partial charge in [-0.15, -0.1) is 11.3 Å². The van der Waals surface area contributed by atoms with Gasteiger partial charge < -0.3 is 20.3 Å². The highest BCUT2D eigenvalue weighted by Gasteiger charge is 2.35. The average Bonchev–Trinajstić information content (AvgIpc) is 3.46. The first-order chi connectivity index (χ1) is 16.1. The second-order valence-electron chi connectivity index (χ2n) is 9.62. The normalized spacial score (nSPS) is 16.6. The van der Waals surface area contributed by atoms with Crippen LogP contribution in [-0.4, -0.2) is 52.4 Å². The number of hydrogen-bond acceptors (Lipinski definition) is 6. The van der Waals surface area contributed by atoms with E-state index in [-0.39, 0.29) is 36.7 Å². The number of rotatable bonds is 9. The zero-order chi connectivity index (χ0) is 24.7. The Morgan fingerprint density at radius 3 is 2.53 bits per heavy atom. The van der Waals surface area contributed by atoms with Crippen LogP contribution in [0.25, 0.3) is 0 Å². The lowest BCUT2D eigenvalue weighted by molar-refractivity contribution is -0.143. The minimum Gasteiger partial charge on any atom is -0.376 e. The smallest absolute Gasteiger partial charge is 0.247 e. The van der Waals surface area contributed by atoms with Crippen LogP contribution in [0.1, 0.15) is 63.6 Å². The fourth-order valence-corrected chi connectivity index (χ4v) is 4.39. The van der Waals surface area contributed by atoms with Crippen LogP contribution in [0, 0.1) is 6.92 Å². The van der Waals surface area contributed by atoms with Gasteiger partial charge in [0, 0.05) is 43.1 Å². The lowest BCUT2D eigenvalue weighted by atomic mass is 9.99. The van der Waals surface area contributed by atoms with Crippen molar-refractivity contribution in [3.63, 3.8) is 0 Å². The summed E-state index contributed by atoms with van der Waals surface area (Å²) in [7, 11) is 0. The average molecular weight is 487 g/mol. The minimum absolute atomic E-state index is 0.00193. The van der Waals surface area contributed by atoms with Crippen molar-refractivity contribution in [2.45, 2.75) is 71.1 Å². The molecule has 8 nitrogen and oxygen atoms in total. The Hall–Kier alpha value is -2.78. The predicted octanol–water partition coefficient (Wildman–Crippen LogP) is 3.83. The first-order valence-corrected chi connectivity index (χ1v) is 12.5. The summed E-state index contributed by atoms with van der Waals surface area (Å²) >= 11 is 1.32. The van der Waals surface area contributed by atoms with E-state index in [2.05, 4.69) is 15.6 Å². The van der Waals surface area contributed by atoms with E-state index in [1.54, 1.807) is 16.5 Å². The quantitative estimate of drug-likeness (QED) is 0.561. The largest absolute Gasteiger partial charge is 0.376 e. The number of anilines is 1. The van der Waals surface area contributed by atoms with Gasteiger partial charge in [-0.05, 0) is 46.1 Å². The summed E-state index contributed by atoms with van der Waals surface area (Å²) in [5, 5.41) is 8.00. The highest BCUT2D eigenvalue weighted by atomic mass is 32.1. The van der Waals surface area contributed by atoms with Crippen molar-refractivity contribution in [3.8, 4) is 0 Å². The molecule has 1 saturated heterocycles. The van der Waals surface area contributed by atoms with E-state index >= 15 is 0 Å². The summed E-state index contributed by atoms with van der Waals surface area (Å²) in [4.78, 5) is 45.0. The predicted molar refractivity (Wildman–Crippen MR) is 132 cm³/mol. The van der Waals surface area contributed by atoms with Gasteiger partial charge >= 0.3 is 0 Å². The first kappa shape index (κ1) is 25.8. The molecule has 0 saturated carbocycles. The third kappa shape index (κ3) is 7.63. The van der Waals surface area contributed by atoms with Gasteiger partial charge in [0.15, 0.2) is 5.13 Å². The van der Waals surface area contributed by atoms with Gasteiger partial charge in [-0.3, -0.25) is 14.4 Å². The zero-order valence-electron chi connectivity index (χ0n) is 20.3. The third-order valence-electron chi connectivity index (χ3n) is 5.44. The Bertz CT molecular complexity index is 964. The highest BCUT2D eigenvalue weighted by molar-refractivity contribution is 7.13. The number of benzene rings is 1. The van der Waals surface area contributed by atoms with Gasteiger partial charge in [-0.1, -0.05) is 29.8 Å². The summed E-state index contributed by atoms with van der Waals surface area (Å²) in [6, 6.07) is 6.81. The van der Waals surface area contributed by atoms with Crippen molar-refractivity contribution in [1.29, 1.82) is 0 Å². The molecule has 3 amide bonds. The molecule has 1 aliphatic rings. The molecule has 1 aliphatic heterocycles. The summed E-state index contributed by atoms with van der Waals surface area (Å²) in [5.74, 6) is -0.805. The minimum atomic E-state index is -0.821. The van der Waals surface area contributed by atoms with E-state index in [1.165, 1.54) is 11.3 Å². The zero-order valence-corrected chi connectivity index (χ0v) is 21.1. The molecule has 3 rings (SSSR count). The molecule has 9 heteroatoms. The maximum atomic E-state index is 13.5. The Morgan fingerprint density at radius 2 is 1.94 bits per heavy atom. The van der Waals surface area contributed by atoms with E-state index in [9.17, 15) is 14.4 Å². The van der Waals surface area contributed by atoms with Crippen LogP contribution in [0.5, 0.6) is 0 Å². The second-order valence-corrected chi connectivity index (χ2v) is 10.5. The van der Waals surface area contributed by atoms with Gasteiger partial charge in [0.05, 0.1) is 6.10 Å². The Labute approximate surface area is 205 Å². The molecule has 0 radical (unpaired) electrons. The van der Waals surface area contributed by atoms with E-state index in [0.717, 1.165) is 24.0 Å². The van der Waals surface area contributed by atoms with Crippen molar-refractivity contribution in [2.24, 2.45) is 0 Å². The van der Waals surface area contributed by atoms with Gasteiger partial charge in [0.2, 0.25) is 17.7 Å². The Balaban J connectivity index is 1.83. The molecule has 1 fully saturated rings. The van der Waals surface area contributed by atoms with E-state index in [0.29, 0.717) is 18.3 Å². The molecule has 2 N–H and O–H groups in total. The van der Waals surface area contributed by atoms with Crippen LogP contribution < -0.4 is 10.6 Å².